The lowest BCUT2D eigenvalue weighted by Crippen LogP contribution is -2.60. The summed E-state index contributed by atoms with van der Waals surface area (Å²) in [5, 5.41) is 3.15. The molecule has 0 atom stereocenters. The topological polar surface area (TPSA) is 61.9 Å². The summed E-state index contributed by atoms with van der Waals surface area (Å²) >= 11 is 0. The van der Waals surface area contributed by atoms with Crippen LogP contribution in [0.25, 0.3) is 0 Å². The highest BCUT2D eigenvalue weighted by Gasteiger charge is 2.36. The fourth-order valence-corrected chi connectivity index (χ4v) is 2.67. The summed E-state index contributed by atoms with van der Waals surface area (Å²) in [5.41, 5.74) is -0.181. The van der Waals surface area contributed by atoms with E-state index in [4.69, 9.17) is 4.74 Å². The number of rotatable bonds is 4. The van der Waals surface area contributed by atoms with Crippen LogP contribution in [0.4, 0.5) is 0 Å². The van der Waals surface area contributed by atoms with Crippen LogP contribution in [0.5, 0.6) is 0 Å². The third-order valence-electron chi connectivity index (χ3n) is 4.41. The van der Waals surface area contributed by atoms with Crippen molar-refractivity contribution in [2.75, 3.05) is 45.9 Å². The van der Waals surface area contributed by atoms with Crippen LogP contribution in [-0.2, 0) is 14.3 Å². The van der Waals surface area contributed by atoms with Crippen LogP contribution >= 0.6 is 0 Å². The van der Waals surface area contributed by atoms with E-state index in [0.717, 1.165) is 25.9 Å². The number of nitrogens with one attached hydrogen (secondary N) is 1. The van der Waals surface area contributed by atoms with E-state index in [-0.39, 0.29) is 29.9 Å². The van der Waals surface area contributed by atoms with E-state index < -0.39 is 0 Å². The lowest BCUT2D eigenvalue weighted by molar-refractivity contribution is -0.150. The number of amides is 2. The van der Waals surface area contributed by atoms with Crippen LogP contribution in [0.2, 0.25) is 0 Å². The van der Waals surface area contributed by atoms with Crippen LogP contribution in [0.1, 0.15) is 19.8 Å². The Balaban J connectivity index is 1.40. The molecule has 3 fully saturated rings. The van der Waals surface area contributed by atoms with Crippen LogP contribution < -0.4 is 5.32 Å². The van der Waals surface area contributed by atoms with E-state index in [1.54, 1.807) is 0 Å². The zero-order valence-corrected chi connectivity index (χ0v) is 12.1. The van der Waals surface area contributed by atoms with E-state index in [9.17, 15) is 9.59 Å². The van der Waals surface area contributed by atoms with Crippen molar-refractivity contribution in [1.29, 1.82) is 0 Å². The van der Waals surface area contributed by atoms with Crippen molar-refractivity contribution < 1.29 is 14.3 Å². The Hall–Kier alpha value is -1.14. The lowest BCUT2D eigenvalue weighted by Gasteiger charge is -2.40. The second-order valence-corrected chi connectivity index (χ2v) is 6.32. The first-order chi connectivity index (χ1) is 9.57. The van der Waals surface area contributed by atoms with Crippen LogP contribution in [-0.4, -0.2) is 73.1 Å². The van der Waals surface area contributed by atoms with E-state index >= 15 is 0 Å². The molecule has 1 aliphatic carbocycles. The van der Waals surface area contributed by atoms with Gasteiger partial charge in [-0.05, 0) is 19.8 Å². The Morgan fingerprint density at radius 2 is 1.75 bits per heavy atom. The molecular weight excluding hydrogens is 258 g/mol. The van der Waals surface area contributed by atoms with Crippen molar-refractivity contribution >= 4 is 11.8 Å². The quantitative estimate of drug-likeness (QED) is 0.751. The normalized spacial score (nSPS) is 25.2. The second-order valence-electron chi connectivity index (χ2n) is 6.32. The molecule has 3 rings (SSSR count). The molecule has 0 radical (unpaired) electrons. The van der Waals surface area contributed by atoms with E-state index in [1.165, 1.54) is 0 Å². The highest BCUT2D eigenvalue weighted by Crippen LogP contribution is 2.31. The average Bonchev–Trinajstić information content (AvgIpc) is 3.26. The first-order valence-corrected chi connectivity index (χ1v) is 7.49. The van der Waals surface area contributed by atoms with Gasteiger partial charge in [0.05, 0.1) is 5.60 Å². The fourth-order valence-electron chi connectivity index (χ4n) is 2.67. The van der Waals surface area contributed by atoms with Gasteiger partial charge in [0.15, 0.2) is 0 Å². The van der Waals surface area contributed by atoms with Gasteiger partial charge in [-0.1, -0.05) is 0 Å². The van der Waals surface area contributed by atoms with Gasteiger partial charge >= 0.3 is 0 Å². The van der Waals surface area contributed by atoms with Gasteiger partial charge in [-0.2, -0.15) is 0 Å². The predicted octanol–water partition coefficient (Wildman–Crippen LogP) is -0.554. The third kappa shape index (κ3) is 2.96. The molecule has 2 saturated heterocycles. The maximum atomic E-state index is 12.1. The monoisotopic (exact) mass is 281 g/mol. The largest absolute Gasteiger partial charge is 0.363 e. The predicted molar refractivity (Wildman–Crippen MR) is 73.1 cm³/mol. The van der Waals surface area contributed by atoms with E-state index in [0.29, 0.717) is 26.2 Å². The van der Waals surface area contributed by atoms with Gasteiger partial charge in [-0.15, -0.1) is 0 Å². The minimum atomic E-state index is -0.181. The second kappa shape index (κ2) is 5.33. The number of nitrogens with zero attached hydrogens (tertiary/aromatic N) is 2. The molecular formula is C14H23N3O3. The van der Waals surface area contributed by atoms with Gasteiger partial charge in [0.2, 0.25) is 11.8 Å². The van der Waals surface area contributed by atoms with Gasteiger partial charge in [0.1, 0.15) is 6.61 Å². The summed E-state index contributed by atoms with van der Waals surface area (Å²) < 4.78 is 5.67. The molecule has 0 spiro atoms. The molecule has 6 nitrogen and oxygen atoms in total. The first-order valence-electron chi connectivity index (χ1n) is 7.49. The van der Waals surface area contributed by atoms with Gasteiger partial charge in [-0.3, -0.25) is 9.59 Å². The van der Waals surface area contributed by atoms with Crippen molar-refractivity contribution in [3.8, 4) is 0 Å². The van der Waals surface area contributed by atoms with Crippen molar-refractivity contribution in [2.45, 2.75) is 25.4 Å². The molecule has 0 aromatic heterocycles. The minimum absolute atomic E-state index is 0.0386. The van der Waals surface area contributed by atoms with Crippen LogP contribution in [0.15, 0.2) is 0 Å². The van der Waals surface area contributed by atoms with Crippen LogP contribution in [0.3, 0.4) is 0 Å². The van der Waals surface area contributed by atoms with E-state index in [2.05, 4.69) is 5.32 Å². The summed E-state index contributed by atoms with van der Waals surface area (Å²) in [4.78, 5) is 27.7. The third-order valence-corrected chi connectivity index (χ3v) is 4.41. The zero-order valence-electron chi connectivity index (χ0n) is 12.1. The van der Waals surface area contributed by atoms with Gasteiger partial charge in [-0.25, -0.2) is 0 Å². The molecule has 0 aromatic carbocycles. The number of piperazine rings is 1. The van der Waals surface area contributed by atoms with Crippen molar-refractivity contribution in [3.63, 3.8) is 0 Å². The fraction of sp³-hybridized carbons (Fsp3) is 0.857. The van der Waals surface area contributed by atoms with Crippen molar-refractivity contribution in [1.82, 2.24) is 15.1 Å². The molecule has 2 aliphatic heterocycles. The van der Waals surface area contributed by atoms with Gasteiger partial charge < -0.3 is 19.9 Å². The number of hydrogen-bond acceptors (Lipinski definition) is 4. The highest BCUT2D eigenvalue weighted by molar-refractivity contribution is 5.82. The summed E-state index contributed by atoms with van der Waals surface area (Å²) in [6.07, 6.45) is 2.08. The molecule has 6 heteroatoms. The molecule has 2 heterocycles. The SMILES string of the molecule is CC1(OCC(=O)N2CCN(C(=O)C3CC3)CC2)CNC1. The Morgan fingerprint density at radius 1 is 1.15 bits per heavy atom. The Morgan fingerprint density at radius 3 is 2.25 bits per heavy atom. The number of carbonyl (C=O) groups excluding carboxylic acids is 2. The summed E-state index contributed by atoms with van der Waals surface area (Å²) in [6.45, 7) is 6.39. The molecule has 112 valence electrons. The molecule has 2 amide bonds. The van der Waals surface area contributed by atoms with E-state index in [1.807, 2.05) is 16.7 Å². The Bertz CT molecular complexity index is 396. The number of carbonyl (C=O) groups is 2. The summed E-state index contributed by atoms with van der Waals surface area (Å²) in [5.74, 6) is 0.588. The maximum absolute atomic E-state index is 12.1. The Kier molecular flexibility index (Phi) is 3.69. The Labute approximate surface area is 119 Å². The maximum Gasteiger partial charge on any atom is 0.248 e. The molecule has 1 saturated carbocycles. The highest BCUT2D eigenvalue weighted by atomic mass is 16.5. The smallest absolute Gasteiger partial charge is 0.248 e. The molecule has 0 unspecified atom stereocenters. The lowest BCUT2D eigenvalue weighted by atomic mass is 10.0. The summed E-state index contributed by atoms with van der Waals surface area (Å²) in [6, 6.07) is 0. The van der Waals surface area contributed by atoms with Crippen LogP contribution in [0, 0.1) is 5.92 Å². The first kappa shape index (κ1) is 13.8. The zero-order chi connectivity index (χ0) is 14.2. The van der Waals surface area contributed by atoms with Gasteiger partial charge in [0, 0.05) is 45.2 Å². The molecule has 1 N–H and O–H groups in total. The average molecular weight is 281 g/mol. The molecule has 0 bridgehead atoms. The number of ether oxygens (including phenoxy) is 1. The summed E-state index contributed by atoms with van der Waals surface area (Å²) in [7, 11) is 0. The minimum Gasteiger partial charge on any atom is -0.363 e. The van der Waals surface area contributed by atoms with Crippen molar-refractivity contribution in [2.24, 2.45) is 5.92 Å². The molecule has 0 aromatic rings. The van der Waals surface area contributed by atoms with Gasteiger partial charge in [0.25, 0.3) is 0 Å². The molecule has 20 heavy (non-hydrogen) atoms. The number of hydrogen-bond donors (Lipinski definition) is 1. The van der Waals surface area contributed by atoms with Crippen molar-refractivity contribution in [3.05, 3.63) is 0 Å². The standard InChI is InChI=1S/C14H23N3O3/c1-14(9-15-10-14)20-8-12(18)16-4-6-17(7-5-16)13(19)11-2-3-11/h11,15H,2-10H2,1H3. The molecule has 3 aliphatic rings.